The fourth-order valence-electron chi connectivity index (χ4n) is 1.27. The average Bonchev–Trinajstić information content (AvgIpc) is 2.56. The van der Waals surface area contributed by atoms with Gasteiger partial charge in [0.15, 0.2) is 0 Å². The van der Waals surface area contributed by atoms with Gasteiger partial charge in [-0.1, -0.05) is 6.92 Å². The summed E-state index contributed by atoms with van der Waals surface area (Å²) in [6, 6.07) is 1.81. The molecule has 0 aromatic carbocycles. The molecular weight excluding hydrogens is 178 g/mol. The average molecular weight is 195 g/mol. The Balaban J connectivity index is 2.70. The van der Waals surface area contributed by atoms with E-state index in [0.717, 1.165) is 18.7 Å². The van der Waals surface area contributed by atoms with Crippen LogP contribution >= 0.6 is 0 Å². The molecule has 78 valence electrons. The molecule has 0 aliphatic carbocycles. The lowest BCUT2D eigenvalue weighted by Gasteiger charge is -1.99. The van der Waals surface area contributed by atoms with E-state index in [1.807, 2.05) is 31.5 Å². The molecule has 4 nitrogen and oxygen atoms in total. The molecule has 1 N–H and O–H groups in total. The second-order valence-electron chi connectivity index (χ2n) is 3.24. The van der Waals surface area contributed by atoms with Crippen molar-refractivity contribution < 1.29 is 4.79 Å². The van der Waals surface area contributed by atoms with Crippen LogP contribution in [0.3, 0.4) is 0 Å². The van der Waals surface area contributed by atoms with Gasteiger partial charge in [-0.25, -0.2) is 0 Å². The van der Waals surface area contributed by atoms with Crippen molar-refractivity contribution in [3.8, 4) is 0 Å². The van der Waals surface area contributed by atoms with Crippen molar-refractivity contribution in [1.82, 2.24) is 15.1 Å². The standard InChI is InChI=1S/C10H17N3O/c1-4-6-11-10(14)9-7-8(3)13(5-2)12-9/h7H,4-6H2,1-3H3,(H,11,14). The molecule has 4 heteroatoms. The van der Waals surface area contributed by atoms with Crippen molar-refractivity contribution in [2.45, 2.75) is 33.7 Å². The first kappa shape index (κ1) is 10.8. The monoisotopic (exact) mass is 195 g/mol. The van der Waals surface area contributed by atoms with E-state index in [-0.39, 0.29) is 5.91 Å². The molecule has 0 spiro atoms. The van der Waals surface area contributed by atoms with E-state index in [1.54, 1.807) is 0 Å². The summed E-state index contributed by atoms with van der Waals surface area (Å²) >= 11 is 0. The molecule has 1 amide bonds. The van der Waals surface area contributed by atoms with Gasteiger partial charge in [0.05, 0.1) is 0 Å². The summed E-state index contributed by atoms with van der Waals surface area (Å²) in [5.41, 5.74) is 1.53. The number of hydrogen-bond acceptors (Lipinski definition) is 2. The van der Waals surface area contributed by atoms with Gasteiger partial charge in [-0.2, -0.15) is 5.10 Å². The molecule has 1 rings (SSSR count). The van der Waals surface area contributed by atoms with Gasteiger partial charge >= 0.3 is 0 Å². The Hall–Kier alpha value is -1.32. The van der Waals surface area contributed by atoms with Gasteiger partial charge in [0.2, 0.25) is 0 Å². The third-order valence-electron chi connectivity index (χ3n) is 2.05. The van der Waals surface area contributed by atoms with Crippen LogP contribution in [0.15, 0.2) is 6.07 Å². The molecule has 0 bridgehead atoms. The molecule has 0 aliphatic heterocycles. The Labute approximate surface area is 84.3 Å². The minimum Gasteiger partial charge on any atom is -0.351 e. The first-order chi connectivity index (χ1) is 6.69. The fraction of sp³-hybridized carbons (Fsp3) is 0.600. The van der Waals surface area contributed by atoms with Crippen LogP contribution < -0.4 is 5.32 Å². The number of carbonyl (C=O) groups excluding carboxylic acids is 1. The van der Waals surface area contributed by atoms with Crippen LogP contribution in [0.1, 0.15) is 36.5 Å². The van der Waals surface area contributed by atoms with E-state index in [1.165, 1.54) is 0 Å². The van der Waals surface area contributed by atoms with Crippen molar-refractivity contribution in [2.75, 3.05) is 6.54 Å². The van der Waals surface area contributed by atoms with Crippen molar-refractivity contribution in [3.63, 3.8) is 0 Å². The van der Waals surface area contributed by atoms with Crippen LogP contribution in [0, 0.1) is 6.92 Å². The molecule has 0 atom stereocenters. The minimum atomic E-state index is -0.0813. The van der Waals surface area contributed by atoms with Gasteiger partial charge in [-0.3, -0.25) is 9.48 Å². The summed E-state index contributed by atoms with van der Waals surface area (Å²) in [5, 5.41) is 6.98. The molecular formula is C10H17N3O. The Kier molecular flexibility index (Phi) is 3.68. The topological polar surface area (TPSA) is 46.9 Å². The molecule has 1 heterocycles. The van der Waals surface area contributed by atoms with Crippen LogP contribution in [0.25, 0.3) is 0 Å². The zero-order valence-corrected chi connectivity index (χ0v) is 9.00. The number of aromatic nitrogens is 2. The van der Waals surface area contributed by atoms with E-state index in [9.17, 15) is 4.79 Å². The summed E-state index contributed by atoms with van der Waals surface area (Å²) in [6.07, 6.45) is 0.944. The molecule has 0 saturated carbocycles. The van der Waals surface area contributed by atoms with E-state index < -0.39 is 0 Å². The number of rotatable bonds is 4. The van der Waals surface area contributed by atoms with Crippen molar-refractivity contribution in [1.29, 1.82) is 0 Å². The van der Waals surface area contributed by atoms with Gasteiger partial charge < -0.3 is 5.32 Å². The number of nitrogens with zero attached hydrogens (tertiary/aromatic N) is 2. The predicted octanol–water partition coefficient (Wildman–Crippen LogP) is 1.35. The second kappa shape index (κ2) is 4.79. The summed E-state index contributed by atoms with van der Waals surface area (Å²) in [6.45, 7) is 7.49. The lowest BCUT2D eigenvalue weighted by molar-refractivity contribution is 0.0948. The van der Waals surface area contributed by atoms with Crippen LogP contribution in [-0.4, -0.2) is 22.2 Å². The lowest BCUT2D eigenvalue weighted by atomic mass is 10.3. The van der Waals surface area contributed by atoms with Crippen LogP contribution in [0.4, 0.5) is 0 Å². The van der Waals surface area contributed by atoms with Crippen molar-refractivity contribution >= 4 is 5.91 Å². The Morgan fingerprint density at radius 3 is 2.79 bits per heavy atom. The molecule has 0 unspecified atom stereocenters. The maximum absolute atomic E-state index is 11.5. The smallest absolute Gasteiger partial charge is 0.271 e. The van der Waals surface area contributed by atoms with Gasteiger partial charge in [-0.05, 0) is 26.3 Å². The highest BCUT2D eigenvalue weighted by Gasteiger charge is 2.10. The number of hydrogen-bond donors (Lipinski definition) is 1. The first-order valence-electron chi connectivity index (χ1n) is 5.01. The van der Waals surface area contributed by atoms with Gasteiger partial charge in [0, 0.05) is 18.8 Å². The molecule has 1 aromatic rings. The maximum atomic E-state index is 11.5. The number of aryl methyl sites for hydroxylation is 2. The van der Waals surface area contributed by atoms with E-state index in [0.29, 0.717) is 12.2 Å². The van der Waals surface area contributed by atoms with Gasteiger partial charge in [0.1, 0.15) is 5.69 Å². The first-order valence-corrected chi connectivity index (χ1v) is 5.01. The quantitative estimate of drug-likeness (QED) is 0.788. The summed E-state index contributed by atoms with van der Waals surface area (Å²) in [4.78, 5) is 11.5. The zero-order valence-electron chi connectivity index (χ0n) is 9.00. The van der Waals surface area contributed by atoms with Crippen LogP contribution in [0.2, 0.25) is 0 Å². The second-order valence-corrected chi connectivity index (χ2v) is 3.24. The third kappa shape index (κ3) is 2.34. The predicted molar refractivity (Wildman–Crippen MR) is 55.3 cm³/mol. The number of nitrogens with one attached hydrogen (secondary N) is 1. The number of carbonyl (C=O) groups is 1. The van der Waals surface area contributed by atoms with Crippen molar-refractivity contribution in [3.05, 3.63) is 17.5 Å². The van der Waals surface area contributed by atoms with Crippen LogP contribution in [0.5, 0.6) is 0 Å². The van der Waals surface area contributed by atoms with E-state index in [4.69, 9.17) is 0 Å². The fourth-order valence-corrected chi connectivity index (χ4v) is 1.27. The van der Waals surface area contributed by atoms with Crippen LogP contribution in [-0.2, 0) is 6.54 Å². The molecule has 1 aromatic heterocycles. The molecule has 0 fully saturated rings. The molecule has 0 radical (unpaired) electrons. The highest BCUT2D eigenvalue weighted by atomic mass is 16.1. The Morgan fingerprint density at radius 1 is 1.57 bits per heavy atom. The van der Waals surface area contributed by atoms with Gasteiger partial charge in [0.25, 0.3) is 5.91 Å². The largest absolute Gasteiger partial charge is 0.351 e. The molecule has 0 saturated heterocycles. The highest BCUT2D eigenvalue weighted by Crippen LogP contribution is 2.02. The van der Waals surface area contributed by atoms with E-state index in [2.05, 4.69) is 10.4 Å². The van der Waals surface area contributed by atoms with E-state index >= 15 is 0 Å². The Bertz CT molecular complexity index is 317. The summed E-state index contributed by atoms with van der Waals surface area (Å²) < 4.78 is 1.82. The molecule has 14 heavy (non-hydrogen) atoms. The summed E-state index contributed by atoms with van der Waals surface area (Å²) in [5.74, 6) is -0.0813. The van der Waals surface area contributed by atoms with Gasteiger partial charge in [-0.15, -0.1) is 0 Å². The minimum absolute atomic E-state index is 0.0813. The molecule has 0 aliphatic rings. The zero-order chi connectivity index (χ0) is 10.6. The number of amides is 1. The Morgan fingerprint density at radius 2 is 2.29 bits per heavy atom. The van der Waals surface area contributed by atoms with Crippen molar-refractivity contribution in [2.24, 2.45) is 0 Å². The summed E-state index contributed by atoms with van der Waals surface area (Å²) in [7, 11) is 0. The lowest BCUT2D eigenvalue weighted by Crippen LogP contribution is -2.24. The SMILES string of the molecule is CCCNC(=O)c1cc(C)n(CC)n1. The maximum Gasteiger partial charge on any atom is 0.271 e. The highest BCUT2D eigenvalue weighted by molar-refractivity contribution is 5.92. The normalized spacial score (nSPS) is 10.2. The third-order valence-corrected chi connectivity index (χ3v) is 2.05.